The normalized spacial score (nSPS) is 11.7. The van der Waals surface area contributed by atoms with E-state index >= 15 is 0 Å². The van der Waals surface area contributed by atoms with E-state index in [1.54, 1.807) is 0 Å². The third-order valence-corrected chi connectivity index (χ3v) is 5.51. The first-order valence-corrected chi connectivity index (χ1v) is 9.45. The SMILES string of the molecule is Cc1cc(-c2cc(Br)c3ccc(Cl)cc3n2)c2oc3ccccc3c2c1. The van der Waals surface area contributed by atoms with E-state index in [0.717, 1.165) is 48.6 Å². The minimum Gasteiger partial charge on any atom is -0.455 e. The Bertz CT molecular complexity index is 1320. The standard InChI is InChI=1S/C22H13BrClNO/c1-12-8-16-14-4-2-3-5-21(14)26-22(16)17(9-12)20-11-18(23)15-7-6-13(24)10-19(15)25-20/h2-11H,1H3. The fourth-order valence-corrected chi connectivity index (χ4v) is 4.18. The third-order valence-electron chi connectivity index (χ3n) is 4.62. The van der Waals surface area contributed by atoms with Crippen molar-refractivity contribution in [1.82, 2.24) is 4.98 Å². The van der Waals surface area contributed by atoms with Gasteiger partial charge in [-0.05, 0) is 48.9 Å². The zero-order valence-electron chi connectivity index (χ0n) is 13.9. The average molecular weight is 423 g/mol. The highest BCUT2D eigenvalue weighted by atomic mass is 79.9. The van der Waals surface area contributed by atoms with Gasteiger partial charge in [-0.1, -0.05) is 51.8 Å². The highest BCUT2D eigenvalue weighted by molar-refractivity contribution is 9.10. The van der Waals surface area contributed by atoms with Crippen LogP contribution in [0.2, 0.25) is 5.02 Å². The number of aryl methyl sites for hydroxylation is 1. The summed E-state index contributed by atoms with van der Waals surface area (Å²) in [5.41, 5.74) is 5.61. The molecule has 0 saturated carbocycles. The van der Waals surface area contributed by atoms with Crippen molar-refractivity contribution < 1.29 is 4.42 Å². The molecule has 0 radical (unpaired) electrons. The van der Waals surface area contributed by atoms with Gasteiger partial charge < -0.3 is 4.42 Å². The van der Waals surface area contributed by atoms with Gasteiger partial charge in [-0.3, -0.25) is 0 Å². The topological polar surface area (TPSA) is 26.0 Å². The minimum atomic E-state index is 0.673. The van der Waals surface area contributed by atoms with Crippen LogP contribution in [0.5, 0.6) is 0 Å². The molecule has 5 rings (SSSR count). The van der Waals surface area contributed by atoms with E-state index in [4.69, 9.17) is 21.0 Å². The lowest BCUT2D eigenvalue weighted by Gasteiger charge is -2.08. The number of hydrogen-bond donors (Lipinski definition) is 0. The molecule has 0 atom stereocenters. The van der Waals surface area contributed by atoms with Crippen LogP contribution in [0.15, 0.2) is 69.6 Å². The zero-order chi connectivity index (χ0) is 17.8. The molecule has 5 aromatic rings. The van der Waals surface area contributed by atoms with Crippen molar-refractivity contribution in [2.45, 2.75) is 6.92 Å². The Morgan fingerprint density at radius 2 is 1.77 bits per heavy atom. The number of pyridine rings is 1. The van der Waals surface area contributed by atoms with Crippen LogP contribution >= 0.6 is 27.5 Å². The predicted octanol–water partition coefficient (Wildman–Crippen LogP) is 7.53. The molecule has 0 N–H and O–H groups in total. The van der Waals surface area contributed by atoms with Crippen LogP contribution in [-0.2, 0) is 0 Å². The van der Waals surface area contributed by atoms with Crippen LogP contribution in [0.3, 0.4) is 0 Å². The largest absolute Gasteiger partial charge is 0.455 e. The highest BCUT2D eigenvalue weighted by Crippen LogP contribution is 2.38. The lowest BCUT2D eigenvalue weighted by Crippen LogP contribution is -1.89. The molecule has 0 fully saturated rings. The number of benzene rings is 3. The Morgan fingerprint density at radius 3 is 2.65 bits per heavy atom. The first-order chi connectivity index (χ1) is 12.6. The molecule has 2 aromatic heterocycles. The quantitative estimate of drug-likeness (QED) is 0.279. The molecule has 0 unspecified atom stereocenters. The minimum absolute atomic E-state index is 0.673. The molecule has 0 aliphatic rings. The van der Waals surface area contributed by atoms with Crippen molar-refractivity contribution >= 4 is 60.4 Å². The van der Waals surface area contributed by atoms with Gasteiger partial charge in [0.2, 0.25) is 0 Å². The number of para-hydroxylation sites is 1. The maximum Gasteiger partial charge on any atom is 0.144 e. The maximum absolute atomic E-state index is 6.19. The molecule has 0 amide bonds. The highest BCUT2D eigenvalue weighted by Gasteiger charge is 2.15. The van der Waals surface area contributed by atoms with Crippen LogP contribution < -0.4 is 0 Å². The molecule has 0 aliphatic carbocycles. The molecule has 2 nitrogen and oxygen atoms in total. The van der Waals surface area contributed by atoms with Gasteiger partial charge in [-0.2, -0.15) is 0 Å². The van der Waals surface area contributed by atoms with E-state index in [0.29, 0.717) is 5.02 Å². The summed E-state index contributed by atoms with van der Waals surface area (Å²) in [4.78, 5) is 4.85. The van der Waals surface area contributed by atoms with E-state index < -0.39 is 0 Å². The summed E-state index contributed by atoms with van der Waals surface area (Å²) >= 11 is 9.84. The van der Waals surface area contributed by atoms with Gasteiger partial charge in [0.15, 0.2) is 0 Å². The second-order valence-electron chi connectivity index (χ2n) is 6.44. The molecule has 0 spiro atoms. The number of fused-ring (bicyclic) bond motifs is 4. The first-order valence-electron chi connectivity index (χ1n) is 8.28. The second kappa shape index (κ2) is 5.83. The van der Waals surface area contributed by atoms with E-state index in [2.05, 4.69) is 41.1 Å². The van der Waals surface area contributed by atoms with E-state index in [1.165, 1.54) is 5.56 Å². The summed E-state index contributed by atoms with van der Waals surface area (Å²) < 4.78 is 7.17. The predicted molar refractivity (Wildman–Crippen MR) is 112 cm³/mol. The fraction of sp³-hybridized carbons (Fsp3) is 0.0455. The van der Waals surface area contributed by atoms with Crippen LogP contribution in [-0.4, -0.2) is 4.98 Å². The lowest BCUT2D eigenvalue weighted by molar-refractivity contribution is 0.669. The average Bonchev–Trinajstić information content (AvgIpc) is 2.99. The number of furan rings is 1. The zero-order valence-corrected chi connectivity index (χ0v) is 16.2. The van der Waals surface area contributed by atoms with Crippen molar-refractivity contribution in [3.63, 3.8) is 0 Å². The monoisotopic (exact) mass is 421 g/mol. The second-order valence-corrected chi connectivity index (χ2v) is 7.73. The Hall–Kier alpha value is -2.36. The van der Waals surface area contributed by atoms with Crippen LogP contribution in [0.1, 0.15) is 5.56 Å². The van der Waals surface area contributed by atoms with Crippen molar-refractivity contribution in [3.05, 3.63) is 75.7 Å². The lowest BCUT2D eigenvalue weighted by atomic mass is 10.0. The van der Waals surface area contributed by atoms with Crippen LogP contribution in [0.25, 0.3) is 44.1 Å². The van der Waals surface area contributed by atoms with E-state index in [9.17, 15) is 0 Å². The van der Waals surface area contributed by atoms with Gasteiger partial charge in [0.25, 0.3) is 0 Å². The smallest absolute Gasteiger partial charge is 0.144 e. The van der Waals surface area contributed by atoms with Gasteiger partial charge in [0.05, 0.1) is 11.2 Å². The molecule has 0 bridgehead atoms. The molecule has 0 aliphatic heterocycles. The Kier molecular flexibility index (Phi) is 3.56. The number of hydrogen-bond acceptors (Lipinski definition) is 2. The maximum atomic E-state index is 6.19. The molecule has 3 aromatic carbocycles. The van der Waals surface area contributed by atoms with E-state index in [-0.39, 0.29) is 0 Å². The van der Waals surface area contributed by atoms with E-state index in [1.807, 2.05) is 42.5 Å². The Balaban J connectivity index is 1.88. The summed E-state index contributed by atoms with van der Waals surface area (Å²) in [6.07, 6.45) is 0. The first kappa shape index (κ1) is 15.9. The van der Waals surface area contributed by atoms with Gasteiger partial charge in [-0.25, -0.2) is 4.98 Å². The summed E-state index contributed by atoms with van der Waals surface area (Å²) in [6.45, 7) is 2.09. The van der Waals surface area contributed by atoms with Crippen molar-refractivity contribution in [2.75, 3.05) is 0 Å². The molecule has 26 heavy (non-hydrogen) atoms. The summed E-state index contributed by atoms with van der Waals surface area (Å²) in [5.74, 6) is 0. The number of aromatic nitrogens is 1. The van der Waals surface area contributed by atoms with Crippen LogP contribution in [0.4, 0.5) is 0 Å². The summed E-state index contributed by atoms with van der Waals surface area (Å²) in [7, 11) is 0. The summed E-state index contributed by atoms with van der Waals surface area (Å²) in [5, 5.41) is 3.94. The Morgan fingerprint density at radius 1 is 0.923 bits per heavy atom. The molecular weight excluding hydrogens is 410 g/mol. The molecular formula is C22H13BrClNO. The molecule has 0 saturated heterocycles. The molecule has 2 heterocycles. The molecule has 126 valence electrons. The third kappa shape index (κ3) is 2.43. The van der Waals surface area contributed by atoms with Gasteiger partial charge in [0, 0.05) is 31.2 Å². The summed E-state index contributed by atoms with van der Waals surface area (Å²) in [6, 6.07) is 20.2. The Labute approximate surface area is 163 Å². The fourth-order valence-electron chi connectivity index (χ4n) is 3.46. The van der Waals surface area contributed by atoms with Crippen LogP contribution in [0, 0.1) is 6.92 Å². The molecule has 4 heteroatoms. The number of halogens is 2. The number of rotatable bonds is 1. The number of nitrogens with zero attached hydrogens (tertiary/aromatic N) is 1. The van der Waals surface area contributed by atoms with Crippen molar-refractivity contribution in [1.29, 1.82) is 0 Å². The van der Waals surface area contributed by atoms with Gasteiger partial charge in [-0.15, -0.1) is 0 Å². The van der Waals surface area contributed by atoms with Gasteiger partial charge in [0.1, 0.15) is 11.2 Å². The van der Waals surface area contributed by atoms with Gasteiger partial charge >= 0.3 is 0 Å². The van der Waals surface area contributed by atoms with Crippen molar-refractivity contribution in [3.8, 4) is 11.3 Å². The van der Waals surface area contributed by atoms with Crippen molar-refractivity contribution in [2.24, 2.45) is 0 Å².